The highest BCUT2D eigenvalue weighted by Gasteiger charge is 2.32. The minimum atomic E-state index is -1.26. The summed E-state index contributed by atoms with van der Waals surface area (Å²) in [5.74, 6) is -4.04. The molecule has 132 valence electrons. The van der Waals surface area contributed by atoms with Gasteiger partial charge in [0.2, 0.25) is 11.8 Å². The van der Waals surface area contributed by atoms with Crippen molar-refractivity contribution in [2.45, 2.75) is 38.6 Å². The van der Waals surface area contributed by atoms with Crippen molar-refractivity contribution in [2.75, 3.05) is 19.6 Å². The van der Waals surface area contributed by atoms with E-state index in [4.69, 9.17) is 16.6 Å². The van der Waals surface area contributed by atoms with Crippen LogP contribution in [0.3, 0.4) is 0 Å². The minimum absolute atomic E-state index is 0.00310. The number of nitrogens with two attached hydrogens (primary N) is 2. The number of carboxylic acids is 1. The predicted molar refractivity (Wildman–Crippen MR) is 83.3 cm³/mol. The van der Waals surface area contributed by atoms with Crippen LogP contribution in [0.25, 0.3) is 0 Å². The number of rotatable bonds is 12. The summed E-state index contributed by atoms with van der Waals surface area (Å²) in [6.07, 6.45) is 1.52. The fourth-order valence-electron chi connectivity index (χ4n) is 2.03. The molecule has 0 bridgehead atoms. The van der Waals surface area contributed by atoms with E-state index in [9.17, 15) is 19.2 Å². The summed E-state index contributed by atoms with van der Waals surface area (Å²) in [5.41, 5.74) is 10.7. The number of ketones is 1. The van der Waals surface area contributed by atoms with Gasteiger partial charge in [0, 0.05) is 6.92 Å². The van der Waals surface area contributed by atoms with Gasteiger partial charge in [0.25, 0.3) is 0 Å². The maximum absolute atomic E-state index is 12.4. The summed E-state index contributed by atoms with van der Waals surface area (Å²) in [4.78, 5) is 46.1. The normalized spacial score (nSPS) is 13.0. The average molecular weight is 330 g/mol. The third kappa shape index (κ3) is 8.89. The molecule has 0 saturated carbocycles. The Hall–Kier alpha value is -2.00. The Morgan fingerprint density at radius 1 is 1.04 bits per heavy atom. The molecule has 0 saturated heterocycles. The molecule has 9 heteroatoms. The molecule has 0 aromatic carbocycles. The molecule has 7 N–H and O–H groups in total. The number of carboxylic acid groups (broad SMARTS) is 1. The van der Waals surface area contributed by atoms with E-state index in [-0.39, 0.29) is 31.8 Å². The highest BCUT2D eigenvalue weighted by atomic mass is 16.4. The van der Waals surface area contributed by atoms with Crippen LogP contribution < -0.4 is 22.1 Å². The molecule has 0 aromatic rings. The molecule has 2 unspecified atom stereocenters. The monoisotopic (exact) mass is 330 g/mol. The van der Waals surface area contributed by atoms with Gasteiger partial charge in [-0.2, -0.15) is 0 Å². The van der Waals surface area contributed by atoms with E-state index in [1.807, 2.05) is 0 Å². The minimum Gasteiger partial charge on any atom is -0.481 e. The van der Waals surface area contributed by atoms with Crippen LogP contribution in [0.2, 0.25) is 0 Å². The lowest BCUT2D eigenvalue weighted by Gasteiger charge is -2.21. The van der Waals surface area contributed by atoms with E-state index in [0.29, 0.717) is 19.4 Å². The van der Waals surface area contributed by atoms with Gasteiger partial charge in [0.1, 0.15) is 5.92 Å². The highest BCUT2D eigenvalue weighted by Crippen LogP contribution is 2.12. The van der Waals surface area contributed by atoms with Gasteiger partial charge in [-0.1, -0.05) is 0 Å². The van der Waals surface area contributed by atoms with Crippen LogP contribution in [-0.2, 0) is 19.2 Å². The summed E-state index contributed by atoms with van der Waals surface area (Å²) >= 11 is 0. The van der Waals surface area contributed by atoms with E-state index in [0.717, 1.165) is 0 Å². The topological polar surface area (TPSA) is 165 Å². The first-order valence-corrected chi connectivity index (χ1v) is 7.53. The van der Waals surface area contributed by atoms with Crippen molar-refractivity contribution in [3.63, 3.8) is 0 Å². The Bertz CT molecular complexity index is 427. The first-order valence-electron chi connectivity index (χ1n) is 7.53. The van der Waals surface area contributed by atoms with Crippen molar-refractivity contribution in [3.05, 3.63) is 0 Å². The fraction of sp³-hybridized carbons (Fsp3) is 0.714. The summed E-state index contributed by atoms with van der Waals surface area (Å²) in [6, 6.07) is -0.935. The van der Waals surface area contributed by atoms with Gasteiger partial charge in [-0.05, 0) is 38.8 Å². The first kappa shape index (κ1) is 21.0. The average Bonchev–Trinajstić information content (AvgIpc) is 2.48. The number of aliphatic carboxylic acids is 1. The maximum Gasteiger partial charge on any atom is 0.314 e. The Balaban J connectivity index is 4.88. The second-order valence-electron chi connectivity index (χ2n) is 5.18. The Morgan fingerprint density at radius 3 is 2.17 bits per heavy atom. The molecular formula is C14H26N4O5. The Kier molecular flexibility index (Phi) is 10.5. The zero-order valence-electron chi connectivity index (χ0n) is 13.3. The SMILES string of the molecule is CC(=O)NCC(=O)NC(CCCCN)C(=O)C(CCN)C(=O)O. The zero-order valence-corrected chi connectivity index (χ0v) is 13.3. The number of hydrogen-bond donors (Lipinski definition) is 5. The molecular weight excluding hydrogens is 304 g/mol. The number of amides is 2. The van der Waals surface area contributed by atoms with Gasteiger partial charge < -0.3 is 27.2 Å². The second-order valence-corrected chi connectivity index (χ2v) is 5.18. The standard InChI is InChI=1S/C14H26N4O5/c1-9(19)17-8-12(20)18-11(4-2-3-6-15)13(21)10(5-7-16)14(22)23/h10-11H,2-8,15-16H2,1H3,(H,17,19)(H,18,20)(H,22,23). The first-order chi connectivity index (χ1) is 10.8. The summed E-state index contributed by atoms with van der Waals surface area (Å²) in [7, 11) is 0. The van der Waals surface area contributed by atoms with Crippen LogP contribution in [0.15, 0.2) is 0 Å². The smallest absolute Gasteiger partial charge is 0.314 e. The van der Waals surface area contributed by atoms with Crippen LogP contribution in [0.5, 0.6) is 0 Å². The quantitative estimate of drug-likeness (QED) is 0.211. The summed E-state index contributed by atoms with van der Waals surface area (Å²) in [6.45, 7) is 1.48. The Labute approximate surface area is 135 Å². The van der Waals surface area contributed by atoms with Gasteiger partial charge >= 0.3 is 5.97 Å². The molecule has 0 fully saturated rings. The zero-order chi connectivity index (χ0) is 17.8. The number of carbonyl (C=O) groups is 4. The number of Topliss-reactive ketones (excluding diaryl/α,β-unsaturated/α-hetero) is 1. The van der Waals surface area contributed by atoms with E-state index < -0.39 is 29.6 Å². The lowest BCUT2D eigenvalue weighted by molar-refractivity contribution is -0.147. The van der Waals surface area contributed by atoms with Gasteiger partial charge in [-0.25, -0.2) is 0 Å². The van der Waals surface area contributed by atoms with Gasteiger partial charge in [0.05, 0.1) is 12.6 Å². The van der Waals surface area contributed by atoms with E-state index in [2.05, 4.69) is 10.6 Å². The van der Waals surface area contributed by atoms with Crippen molar-refractivity contribution in [1.82, 2.24) is 10.6 Å². The Morgan fingerprint density at radius 2 is 1.70 bits per heavy atom. The van der Waals surface area contributed by atoms with Crippen molar-refractivity contribution < 1.29 is 24.3 Å². The number of carbonyl (C=O) groups excluding carboxylic acids is 3. The molecule has 2 amide bonds. The highest BCUT2D eigenvalue weighted by molar-refractivity contribution is 6.02. The maximum atomic E-state index is 12.4. The van der Waals surface area contributed by atoms with E-state index in [1.54, 1.807) is 0 Å². The molecule has 2 atom stereocenters. The molecule has 0 heterocycles. The van der Waals surface area contributed by atoms with Crippen LogP contribution in [-0.4, -0.2) is 54.3 Å². The molecule has 0 spiro atoms. The third-order valence-electron chi connectivity index (χ3n) is 3.22. The van der Waals surface area contributed by atoms with Gasteiger partial charge in [-0.15, -0.1) is 0 Å². The predicted octanol–water partition coefficient (Wildman–Crippen LogP) is -1.64. The van der Waals surface area contributed by atoms with Crippen LogP contribution in [0.4, 0.5) is 0 Å². The van der Waals surface area contributed by atoms with Crippen LogP contribution >= 0.6 is 0 Å². The van der Waals surface area contributed by atoms with E-state index in [1.165, 1.54) is 6.92 Å². The van der Waals surface area contributed by atoms with Crippen molar-refractivity contribution in [1.29, 1.82) is 0 Å². The fourth-order valence-corrected chi connectivity index (χ4v) is 2.03. The van der Waals surface area contributed by atoms with Crippen molar-refractivity contribution in [2.24, 2.45) is 17.4 Å². The molecule has 0 radical (unpaired) electrons. The molecule has 0 aromatic heterocycles. The van der Waals surface area contributed by atoms with Gasteiger partial charge in [0.15, 0.2) is 5.78 Å². The lowest BCUT2D eigenvalue weighted by atomic mass is 9.92. The number of hydrogen-bond acceptors (Lipinski definition) is 6. The molecule has 0 aliphatic heterocycles. The lowest BCUT2D eigenvalue weighted by Crippen LogP contribution is -2.48. The summed E-state index contributed by atoms with van der Waals surface area (Å²) in [5, 5.41) is 13.9. The largest absolute Gasteiger partial charge is 0.481 e. The second kappa shape index (κ2) is 11.6. The summed E-state index contributed by atoms with van der Waals surface area (Å²) < 4.78 is 0. The molecule has 0 rings (SSSR count). The molecule has 0 aliphatic carbocycles. The van der Waals surface area contributed by atoms with Gasteiger partial charge in [-0.3, -0.25) is 19.2 Å². The molecule has 9 nitrogen and oxygen atoms in total. The van der Waals surface area contributed by atoms with Crippen LogP contribution in [0.1, 0.15) is 32.6 Å². The number of nitrogens with one attached hydrogen (secondary N) is 2. The molecule has 23 heavy (non-hydrogen) atoms. The van der Waals surface area contributed by atoms with Crippen molar-refractivity contribution >= 4 is 23.6 Å². The molecule has 0 aliphatic rings. The van der Waals surface area contributed by atoms with E-state index >= 15 is 0 Å². The third-order valence-corrected chi connectivity index (χ3v) is 3.22. The van der Waals surface area contributed by atoms with Crippen LogP contribution in [0, 0.1) is 5.92 Å². The van der Waals surface area contributed by atoms with Crippen molar-refractivity contribution in [3.8, 4) is 0 Å². The number of unbranched alkanes of at least 4 members (excludes halogenated alkanes) is 1.